The Morgan fingerprint density at radius 1 is 0.342 bits per heavy atom. The van der Waals surface area contributed by atoms with Crippen LogP contribution in [0.15, 0.2) is 140 Å². The van der Waals surface area contributed by atoms with Gasteiger partial charge in [0.1, 0.15) is 0 Å². The minimum absolute atomic E-state index is 0.823. The smallest absolute Gasteiger partial charge is 0.0900 e. The number of hydrogen-bond acceptors (Lipinski definition) is 3. The van der Waals surface area contributed by atoms with Crippen molar-refractivity contribution in [3.8, 4) is 45.0 Å². The maximum Gasteiger partial charge on any atom is 0.0900 e. The Hall–Kier alpha value is -5.15. The number of aromatic nitrogens is 3. The van der Waals surface area contributed by atoms with Crippen molar-refractivity contribution in [3.05, 3.63) is 140 Å². The van der Waals surface area contributed by atoms with Crippen LogP contribution >= 0.6 is 0 Å². The molecule has 0 aliphatic carbocycles. The monoisotopic (exact) mass is 485 g/mol. The summed E-state index contributed by atoms with van der Waals surface area (Å²) in [6.45, 7) is 0. The number of pyridine rings is 3. The van der Waals surface area contributed by atoms with Crippen LogP contribution in [0.4, 0.5) is 0 Å². The fourth-order valence-corrected chi connectivity index (χ4v) is 5.32. The molecule has 3 nitrogen and oxygen atoms in total. The van der Waals surface area contributed by atoms with Crippen LogP contribution in [0.2, 0.25) is 0 Å². The summed E-state index contributed by atoms with van der Waals surface area (Å²) in [5, 5.41) is 4.86. The molecule has 3 heteroatoms. The lowest BCUT2D eigenvalue weighted by Gasteiger charge is -2.18. The average molecular weight is 486 g/mol. The first-order valence-electron chi connectivity index (χ1n) is 12.7. The highest BCUT2D eigenvalue weighted by molar-refractivity contribution is 6.21. The molecule has 0 fully saturated rings. The molecule has 0 N–H and O–H groups in total. The summed E-state index contributed by atoms with van der Waals surface area (Å²) in [7, 11) is 0. The van der Waals surface area contributed by atoms with Crippen LogP contribution in [0.1, 0.15) is 0 Å². The van der Waals surface area contributed by atoms with Gasteiger partial charge in [0.05, 0.1) is 22.8 Å². The van der Waals surface area contributed by atoms with Gasteiger partial charge in [0.2, 0.25) is 0 Å². The van der Waals surface area contributed by atoms with E-state index in [2.05, 4.69) is 101 Å². The van der Waals surface area contributed by atoms with E-state index >= 15 is 0 Å². The number of fused-ring (bicyclic) bond motifs is 2. The SMILES string of the molecule is c1ccc(-c2c3ccccc3c(-c3cc(-c4ccccn4)nc(-c4ccccn4)c3)c3ccccc23)cc1. The molecule has 0 radical (unpaired) electrons. The number of nitrogens with zero attached hydrogens (tertiary/aromatic N) is 3. The van der Waals surface area contributed by atoms with Crippen molar-refractivity contribution in [2.45, 2.75) is 0 Å². The summed E-state index contributed by atoms with van der Waals surface area (Å²) < 4.78 is 0. The third-order valence-corrected chi connectivity index (χ3v) is 6.96. The van der Waals surface area contributed by atoms with Crippen LogP contribution in [0.3, 0.4) is 0 Å². The summed E-state index contributed by atoms with van der Waals surface area (Å²) in [5.41, 5.74) is 8.06. The van der Waals surface area contributed by atoms with E-state index in [1.54, 1.807) is 0 Å². The Morgan fingerprint density at radius 3 is 1.21 bits per heavy atom. The van der Waals surface area contributed by atoms with Gasteiger partial charge in [-0.3, -0.25) is 9.97 Å². The predicted octanol–water partition coefficient (Wildman–Crippen LogP) is 8.85. The highest BCUT2D eigenvalue weighted by Crippen LogP contribution is 2.44. The zero-order chi connectivity index (χ0) is 25.3. The van der Waals surface area contributed by atoms with Crippen LogP contribution in [-0.2, 0) is 0 Å². The number of rotatable bonds is 4. The molecule has 0 unspecified atom stereocenters. The summed E-state index contributed by atoms with van der Waals surface area (Å²) in [4.78, 5) is 14.2. The van der Waals surface area contributed by atoms with Gasteiger partial charge in [-0.1, -0.05) is 91.0 Å². The summed E-state index contributed by atoms with van der Waals surface area (Å²) >= 11 is 0. The molecule has 4 aromatic carbocycles. The second kappa shape index (κ2) is 9.38. The fraction of sp³-hybridized carbons (Fsp3) is 0. The van der Waals surface area contributed by atoms with Crippen molar-refractivity contribution in [1.29, 1.82) is 0 Å². The highest BCUT2D eigenvalue weighted by Gasteiger charge is 2.18. The third-order valence-electron chi connectivity index (χ3n) is 6.96. The Labute approximate surface area is 221 Å². The van der Waals surface area contributed by atoms with Crippen molar-refractivity contribution < 1.29 is 0 Å². The molecule has 0 saturated heterocycles. The van der Waals surface area contributed by atoms with Crippen molar-refractivity contribution in [3.63, 3.8) is 0 Å². The van der Waals surface area contributed by atoms with Gasteiger partial charge < -0.3 is 0 Å². The Morgan fingerprint density at radius 2 is 0.763 bits per heavy atom. The predicted molar refractivity (Wildman–Crippen MR) is 157 cm³/mol. The minimum Gasteiger partial charge on any atom is -0.255 e. The number of benzene rings is 4. The average Bonchev–Trinajstić information content (AvgIpc) is 3.01. The molecule has 0 atom stereocenters. The molecule has 0 spiro atoms. The van der Waals surface area contributed by atoms with E-state index in [0.717, 1.165) is 28.3 Å². The first-order valence-corrected chi connectivity index (χ1v) is 12.7. The molecule has 38 heavy (non-hydrogen) atoms. The molecule has 0 amide bonds. The van der Waals surface area contributed by atoms with Gasteiger partial charge in [-0.15, -0.1) is 0 Å². The maximum atomic E-state index is 5.00. The normalized spacial score (nSPS) is 11.2. The minimum atomic E-state index is 0.823. The topological polar surface area (TPSA) is 38.7 Å². The molecule has 0 aliphatic rings. The Kier molecular flexibility index (Phi) is 5.45. The molecule has 178 valence electrons. The van der Waals surface area contributed by atoms with E-state index < -0.39 is 0 Å². The van der Waals surface area contributed by atoms with Gasteiger partial charge in [-0.2, -0.15) is 0 Å². The molecule has 0 saturated carbocycles. The molecule has 7 aromatic rings. The van der Waals surface area contributed by atoms with Crippen molar-refractivity contribution in [1.82, 2.24) is 15.0 Å². The second-order valence-corrected chi connectivity index (χ2v) is 9.26. The van der Waals surface area contributed by atoms with Crippen LogP contribution < -0.4 is 0 Å². The standard InChI is InChI=1S/C35H23N3/c1-2-12-24(13-3-1)34-26-14-4-6-16-28(26)35(29-17-7-5-15-27(29)34)25-22-32(30-18-8-10-20-36-30)38-33(23-25)31-19-9-11-21-37-31/h1-23H. The Bertz CT molecular complexity index is 1780. The van der Waals surface area contributed by atoms with Crippen LogP contribution in [-0.4, -0.2) is 15.0 Å². The second-order valence-electron chi connectivity index (χ2n) is 9.26. The highest BCUT2D eigenvalue weighted by atomic mass is 14.8. The molecule has 7 rings (SSSR count). The van der Waals surface area contributed by atoms with Gasteiger partial charge in [-0.25, -0.2) is 4.98 Å². The molecule has 0 bridgehead atoms. The lowest BCUT2D eigenvalue weighted by atomic mass is 9.86. The van der Waals surface area contributed by atoms with Crippen molar-refractivity contribution in [2.24, 2.45) is 0 Å². The van der Waals surface area contributed by atoms with Gasteiger partial charge in [-0.05, 0) is 80.2 Å². The van der Waals surface area contributed by atoms with E-state index in [1.807, 2.05) is 48.8 Å². The first kappa shape index (κ1) is 22.1. The Balaban J connectivity index is 1.60. The summed E-state index contributed by atoms with van der Waals surface area (Å²) in [5.74, 6) is 0. The zero-order valence-electron chi connectivity index (χ0n) is 20.6. The molecular formula is C35H23N3. The van der Waals surface area contributed by atoms with E-state index in [4.69, 9.17) is 4.98 Å². The third kappa shape index (κ3) is 3.82. The molecule has 3 aromatic heterocycles. The van der Waals surface area contributed by atoms with Crippen molar-refractivity contribution >= 4 is 21.5 Å². The van der Waals surface area contributed by atoms with Gasteiger partial charge in [0, 0.05) is 12.4 Å². The van der Waals surface area contributed by atoms with E-state index in [-0.39, 0.29) is 0 Å². The molecule has 0 aliphatic heterocycles. The maximum absolute atomic E-state index is 5.00. The van der Waals surface area contributed by atoms with E-state index in [0.29, 0.717) is 0 Å². The largest absolute Gasteiger partial charge is 0.255 e. The van der Waals surface area contributed by atoms with Crippen molar-refractivity contribution in [2.75, 3.05) is 0 Å². The summed E-state index contributed by atoms with van der Waals surface area (Å²) in [6.07, 6.45) is 3.62. The fourth-order valence-electron chi connectivity index (χ4n) is 5.32. The van der Waals surface area contributed by atoms with Crippen LogP contribution in [0, 0.1) is 0 Å². The molecular weight excluding hydrogens is 462 g/mol. The van der Waals surface area contributed by atoms with Crippen LogP contribution in [0.25, 0.3) is 66.6 Å². The van der Waals surface area contributed by atoms with E-state index in [9.17, 15) is 0 Å². The first-order chi connectivity index (χ1) is 18.9. The van der Waals surface area contributed by atoms with E-state index in [1.165, 1.54) is 38.2 Å². The summed E-state index contributed by atoms with van der Waals surface area (Å²) in [6, 6.07) is 44.2. The van der Waals surface area contributed by atoms with Gasteiger partial charge >= 0.3 is 0 Å². The zero-order valence-corrected chi connectivity index (χ0v) is 20.6. The van der Waals surface area contributed by atoms with Gasteiger partial charge in [0.25, 0.3) is 0 Å². The quantitative estimate of drug-likeness (QED) is 0.234. The lowest BCUT2D eigenvalue weighted by Crippen LogP contribution is -1.95. The molecule has 3 heterocycles. The van der Waals surface area contributed by atoms with Crippen LogP contribution in [0.5, 0.6) is 0 Å². The number of hydrogen-bond donors (Lipinski definition) is 0. The van der Waals surface area contributed by atoms with Gasteiger partial charge in [0.15, 0.2) is 0 Å². The lowest BCUT2D eigenvalue weighted by molar-refractivity contribution is 1.22.